The highest BCUT2D eigenvalue weighted by molar-refractivity contribution is 6.60. The lowest BCUT2D eigenvalue weighted by Crippen LogP contribution is -2.50. The molecule has 3 amide bonds. The number of aromatic nitrogens is 4. The average molecular weight is 595 g/mol. The van der Waals surface area contributed by atoms with Gasteiger partial charge in [-0.1, -0.05) is 5.24 Å². The fourth-order valence-electron chi connectivity index (χ4n) is 4.76. The number of carbonyl (C=O) groups is 3. The van der Waals surface area contributed by atoms with Gasteiger partial charge in [0.1, 0.15) is 11.5 Å². The number of nitrogens with zero attached hydrogens (tertiary/aromatic N) is 6. The third-order valence-corrected chi connectivity index (χ3v) is 7.23. The first-order valence-corrected chi connectivity index (χ1v) is 13.9. The molecule has 1 saturated heterocycles. The molecule has 1 saturated carbocycles. The molecule has 222 valence electrons. The molecule has 1 aliphatic carbocycles. The predicted octanol–water partition coefficient (Wildman–Crippen LogP) is 0.351. The number of anilines is 3. The number of nitrogens with one attached hydrogen (secondary N) is 3. The number of likely N-dealkylation sites (N-methyl/N-ethyl adjacent to an activating group) is 1. The molecule has 0 unspecified atom stereocenters. The second-order valence-corrected chi connectivity index (χ2v) is 10.9. The summed E-state index contributed by atoms with van der Waals surface area (Å²) in [5.41, 5.74) is 0.643. The molecule has 2 aromatic heterocycles. The van der Waals surface area contributed by atoms with Crippen LogP contribution in [0.15, 0.2) is 24.3 Å². The molecule has 3 aromatic rings. The number of benzene rings is 1. The van der Waals surface area contributed by atoms with Crippen molar-refractivity contribution in [3.8, 4) is 17.0 Å². The van der Waals surface area contributed by atoms with Gasteiger partial charge >= 0.3 is 0 Å². The van der Waals surface area contributed by atoms with E-state index < -0.39 is 17.0 Å². The fourth-order valence-corrected chi connectivity index (χ4v) is 4.76. The molecule has 0 atom stereocenters. The maximum absolute atomic E-state index is 15.1. The Morgan fingerprint density at radius 2 is 1.70 bits per heavy atom. The summed E-state index contributed by atoms with van der Waals surface area (Å²) in [7, 11) is 21.6. The van der Waals surface area contributed by atoms with Crippen molar-refractivity contribution in [3.05, 3.63) is 41.5 Å². The highest BCUT2D eigenvalue weighted by atomic mass is 19.1. The van der Waals surface area contributed by atoms with Gasteiger partial charge in [0, 0.05) is 56.8 Å². The molecule has 6 radical (unpaired) electrons. The first-order valence-electron chi connectivity index (χ1n) is 13.9. The van der Waals surface area contributed by atoms with Crippen molar-refractivity contribution >= 4 is 58.5 Å². The van der Waals surface area contributed by atoms with E-state index >= 15 is 4.39 Å². The second-order valence-electron chi connectivity index (χ2n) is 10.9. The van der Waals surface area contributed by atoms with Crippen molar-refractivity contribution in [3.63, 3.8) is 0 Å². The Hall–Kier alpha value is -4.40. The first kappa shape index (κ1) is 31.0. The Bertz CT molecular complexity index is 1600. The Labute approximate surface area is 257 Å². The summed E-state index contributed by atoms with van der Waals surface area (Å²) in [5, 5.41) is 18.0. The quantitative estimate of drug-likeness (QED) is 0.299. The van der Waals surface area contributed by atoms with Crippen LogP contribution in [-0.2, 0) is 11.8 Å². The van der Waals surface area contributed by atoms with E-state index in [1.54, 1.807) is 18.0 Å². The molecule has 44 heavy (non-hydrogen) atoms. The van der Waals surface area contributed by atoms with Gasteiger partial charge in [0.05, 0.1) is 47.7 Å². The molecule has 1 aliphatic heterocycles. The normalized spacial score (nSPS) is 15.5. The summed E-state index contributed by atoms with van der Waals surface area (Å²) in [6, 6.07) is 5.29. The first-order chi connectivity index (χ1) is 20.8. The number of rotatable bonds is 9. The molecule has 3 N–H and O–H groups in total. The largest absolute Gasteiger partial charge is 0.494 e. The fraction of sp³-hybridized carbons (Fsp3) is 0.407. The number of methoxy groups -OCH3 is 1. The Kier molecular flexibility index (Phi) is 8.68. The summed E-state index contributed by atoms with van der Waals surface area (Å²) < 4.78 is 22.2. The van der Waals surface area contributed by atoms with Crippen LogP contribution >= 0.6 is 0 Å². The molecular weight excluding hydrogens is 566 g/mol. The van der Waals surface area contributed by atoms with Crippen LogP contribution in [0.25, 0.3) is 11.3 Å². The van der Waals surface area contributed by atoms with Crippen LogP contribution < -0.4 is 20.7 Å². The van der Waals surface area contributed by atoms with Gasteiger partial charge in [-0.15, -0.1) is 10.2 Å². The van der Waals surface area contributed by atoms with Gasteiger partial charge in [-0.3, -0.25) is 19.1 Å². The zero-order valence-electron chi connectivity index (χ0n) is 24.6. The average Bonchev–Trinajstić information content (AvgIpc) is 3.73. The number of hydrogen-bond donors (Lipinski definition) is 3. The van der Waals surface area contributed by atoms with Crippen LogP contribution in [0.2, 0.25) is 0 Å². The summed E-state index contributed by atoms with van der Waals surface area (Å²) >= 11 is 0. The van der Waals surface area contributed by atoms with E-state index in [1.807, 2.05) is 7.05 Å². The highest BCUT2D eigenvalue weighted by Crippen LogP contribution is 2.39. The van der Waals surface area contributed by atoms with E-state index in [9.17, 15) is 14.4 Å². The van der Waals surface area contributed by atoms with E-state index in [0.717, 1.165) is 32.0 Å². The van der Waals surface area contributed by atoms with E-state index in [0.29, 0.717) is 18.8 Å². The number of hydrogen-bond acceptors (Lipinski definition) is 9. The van der Waals surface area contributed by atoms with Crippen molar-refractivity contribution in [1.82, 2.24) is 35.1 Å². The number of amides is 3. The van der Waals surface area contributed by atoms with E-state index in [1.165, 1.54) is 23.9 Å². The summed E-state index contributed by atoms with van der Waals surface area (Å²) in [6.45, 7) is 2.65. The molecule has 2 fully saturated rings. The summed E-state index contributed by atoms with van der Waals surface area (Å²) in [4.78, 5) is 42.5. The summed E-state index contributed by atoms with van der Waals surface area (Å²) in [6.07, 6.45) is 1.52. The Morgan fingerprint density at radius 3 is 2.34 bits per heavy atom. The van der Waals surface area contributed by atoms with Crippen LogP contribution in [0, 0.1) is 11.7 Å². The number of ether oxygens (including phenoxy) is 1. The maximum atomic E-state index is 15.1. The lowest BCUT2D eigenvalue weighted by molar-refractivity contribution is -0.117. The van der Waals surface area contributed by atoms with Crippen molar-refractivity contribution in [2.45, 2.75) is 18.1 Å². The molecule has 2 aliphatic rings. The monoisotopic (exact) mass is 595 g/mol. The predicted molar refractivity (Wildman–Crippen MR) is 163 cm³/mol. The zero-order valence-corrected chi connectivity index (χ0v) is 24.6. The standard InChI is InChI=1S/C27H29B3FN9O4/c1-38-6-8-40(9-7-38)26(43)20-12-17(37-39(20)2)16-10-15(31)11-19(23(16)44-3)32-18-13-21(33-24(41)14-4-5-14)35-36-22(18)25(42)34-27(28,29)30/h10-14H,4-9H2,1-3H3,(H,34,42)(H2,32,33,35,41). The lowest BCUT2D eigenvalue weighted by Gasteiger charge is -2.32. The molecule has 1 aromatic carbocycles. The van der Waals surface area contributed by atoms with Crippen LogP contribution in [0.1, 0.15) is 33.8 Å². The lowest BCUT2D eigenvalue weighted by atomic mass is 9.49. The summed E-state index contributed by atoms with van der Waals surface area (Å²) in [5.74, 6) is -1.91. The van der Waals surface area contributed by atoms with Gasteiger partial charge in [-0.05, 0) is 32.0 Å². The molecular formula is C27H29B3FN9O4. The SMILES string of the molecule is [B]C([B])([B])NC(=O)c1nnc(NC(=O)C2CC2)cc1Nc1cc(F)cc(-c2cc(C(=O)N3CCN(C)CC3)n(C)n2)c1OC. The van der Waals surface area contributed by atoms with Crippen LogP contribution in [0.5, 0.6) is 5.75 Å². The van der Waals surface area contributed by atoms with Crippen molar-refractivity contribution in [2.75, 3.05) is 51.0 Å². The number of carbonyl (C=O) groups excluding carboxylic acids is 3. The third-order valence-electron chi connectivity index (χ3n) is 7.23. The Morgan fingerprint density at radius 1 is 1.00 bits per heavy atom. The number of halogens is 1. The van der Waals surface area contributed by atoms with Gasteiger partial charge in [-0.2, -0.15) is 5.10 Å². The van der Waals surface area contributed by atoms with Gasteiger partial charge < -0.3 is 30.5 Å². The molecule has 0 bridgehead atoms. The molecule has 5 rings (SSSR count). The molecule has 3 heterocycles. The molecule has 0 spiro atoms. The van der Waals surface area contributed by atoms with Gasteiger partial charge in [0.15, 0.2) is 17.3 Å². The van der Waals surface area contributed by atoms with Crippen molar-refractivity contribution in [1.29, 1.82) is 0 Å². The molecule has 17 heteroatoms. The minimum atomic E-state index is -2.07. The second kappa shape index (κ2) is 12.3. The number of aryl methyl sites for hydroxylation is 1. The molecule has 13 nitrogen and oxygen atoms in total. The van der Waals surface area contributed by atoms with E-state index in [2.05, 4.69) is 36.1 Å². The minimum absolute atomic E-state index is 0.00894. The van der Waals surface area contributed by atoms with E-state index in [4.69, 9.17) is 28.3 Å². The van der Waals surface area contributed by atoms with E-state index in [-0.39, 0.29) is 57.6 Å². The van der Waals surface area contributed by atoms with Crippen molar-refractivity contribution in [2.24, 2.45) is 13.0 Å². The van der Waals surface area contributed by atoms with Crippen LogP contribution in [0.3, 0.4) is 0 Å². The smallest absolute Gasteiger partial charge is 0.272 e. The topological polar surface area (TPSA) is 147 Å². The number of piperazine rings is 1. The van der Waals surface area contributed by atoms with Crippen LogP contribution in [0.4, 0.5) is 21.6 Å². The van der Waals surface area contributed by atoms with Crippen LogP contribution in [-0.4, -0.2) is 117 Å². The van der Waals surface area contributed by atoms with Gasteiger partial charge in [0.2, 0.25) is 5.91 Å². The van der Waals surface area contributed by atoms with Crippen molar-refractivity contribution < 1.29 is 23.5 Å². The maximum Gasteiger partial charge on any atom is 0.272 e. The Balaban J connectivity index is 1.50. The highest BCUT2D eigenvalue weighted by Gasteiger charge is 2.31. The minimum Gasteiger partial charge on any atom is -0.494 e. The zero-order chi connectivity index (χ0) is 31.8. The van der Waals surface area contributed by atoms with Gasteiger partial charge in [-0.25, -0.2) is 4.39 Å². The third kappa shape index (κ3) is 7.04. The van der Waals surface area contributed by atoms with Gasteiger partial charge in [0.25, 0.3) is 11.8 Å².